The van der Waals surface area contributed by atoms with Crippen molar-refractivity contribution in [2.45, 2.75) is 25.6 Å². The molecule has 1 unspecified atom stereocenters. The summed E-state index contributed by atoms with van der Waals surface area (Å²) < 4.78 is 5.95. The van der Waals surface area contributed by atoms with Gasteiger partial charge in [0, 0.05) is 35.9 Å². The van der Waals surface area contributed by atoms with E-state index in [-0.39, 0.29) is 12.0 Å². The molecule has 0 N–H and O–H groups in total. The molecule has 1 aliphatic heterocycles. The minimum Gasteiger partial charge on any atom is -0.372 e. The fourth-order valence-electron chi connectivity index (χ4n) is 3.26. The third-order valence-electron chi connectivity index (χ3n) is 4.71. The first-order valence-corrected chi connectivity index (χ1v) is 9.93. The van der Waals surface area contributed by atoms with Crippen LogP contribution in [-0.2, 0) is 22.6 Å². The van der Waals surface area contributed by atoms with Crippen LogP contribution in [0.5, 0.6) is 0 Å². The molecule has 1 aliphatic rings. The topological polar surface area (TPSA) is 55.3 Å². The lowest BCUT2D eigenvalue weighted by atomic mass is 10.1. The molecule has 4 rings (SSSR count). The fourth-order valence-corrected chi connectivity index (χ4v) is 4.04. The Labute approximate surface area is 162 Å². The Morgan fingerprint density at radius 2 is 2.11 bits per heavy atom. The van der Waals surface area contributed by atoms with Crippen LogP contribution < -0.4 is 0 Å². The predicted molar refractivity (Wildman–Crippen MR) is 105 cm³/mol. The number of aromatic nitrogens is 2. The minimum atomic E-state index is 0.0872. The van der Waals surface area contributed by atoms with Gasteiger partial charge in [0.15, 0.2) is 0 Å². The van der Waals surface area contributed by atoms with Crippen LogP contribution in [0.1, 0.15) is 16.9 Å². The normalized spacial score (nSPS) is 16.6. The SMILES string of the molecule is O=C(Cc1scnc1-c1ccccc1)N1CCC(OCc2cccnc2)C1. The molecule has 3 heterocycles. The summed E-state index contributed by atoms with van der Waals surface area (Å²) in [7, 11) is 0. The minimum absolute atomic E-state index is 0.0872. The van der Waals surface area contributed by atoms with Crippen molar-refractivity contribution in [2.75, 3.05) is 13.1 Å². The number of likely N-dealkylation sites (tertiary alicyclic amines) is 1. The van der Waals surface area contributed by atoms with E-state index in [4.69, 9.17) is 4.74 Å². The number of rotatable bonds is 6. The van der Waals surface area contributed by atoms with Crippen LogP contribution in [0.15, 0.2) is 60.4 Å². The van der Waals surface area contributed by atoms with E-state index < -0.39 is 0 Å². The van der Waals surface area contributed by atoms with Crippen LogP contribution in [-0.4, -0.2) is 40.0 Å². The zero-order valence-corrected chi connectivity index (χ0v) is 15.8. The van der Waals surface area contributed by atoms with Gasteiger partial charge in [-0.05, 0) is 18.1 Å². The highest BCUT2D eigenvalue weighted by atomic mass is 32.1. The molecule has 0 aliphatic carbocycles. The Morgan fingerprint density at radius 3 is 2.93 bits per heavy atom. The molecule has 1 aromatic carbocycles. The molecule has 0 spiro atoms. The zero-order chi connectivity index (χ0) is 18.5. The molecule has 1 fully saturated rings. The van der Waals surface area contributed by atoms with Crippen molar-refractivity contribution in [1.29, 1.82) is 0 Å². The highest BCUT2D eigenvalue weighted by molar-refractivity contribution is 7.10. The number of nitrogens with zero attached hydrogens (tertiary/aromatic N) is 3. The van der Waals surface area contributed by atoms with E-state index in [1.165, 1.54) is 0 Å². The van der Waals surface area contributed by atoms with Crippen molar-refractivity contribution in [1.82, 2.24) is 14.9 Å². The first-order valence-electron chi connectivity index (χ1n) is 9.05. The van der Waals surface area contributed by atoms with Gasteiger partial charge in [0.25, 0.3) is 0 Å². The molecule has 2 aromatic heterocycles. The number of thiazole rings is 1. The van der Waals surface area contributed by atoms with E-state index in [2.05, 4.69) is 9.97 Å². The van der Waals surface area contributed by atoms with Gasteiger partial charge in [0.05, 0.1) is 30.3 Å². The number of ether oxygens (including phenoxy) is 1. The Balaban J connectivity index is 1.33. The Morgan fingerprint density at radius 1 is 1.22 bits per heavy atom. The predicted octanol–water partition coefficient (Wildman–Crippen LogP) is 3.57. The van der Waals surface area contributed by atoms with E-state index >= 15 is 0 Å². The van der Waals surface area contributed by atoms with E-state index in [0.29, 0.717) is 19.6 Å². The lowest BCUT2D eigenvalue weighted by Crippen LogP contribution is -2.31. The van der Waals surface area contributed by atoms with Gasteiger partial charge >= 0.3 is 0 Å². The van der Waals surface area contributed by atoms with Gasteiger partial charge in [0.1, 0.15) is 0 Å². The van der Waals surface area contributed by atoms with Gasteiger partial charge in [-0.3, -0.25) is 9.78 Å². The Hall–Kier alpha value is -2.57. The lowest BCUT2D eigenvalue weighted by Gasteiger charge is -2.17. The molecular formula is C21H21N3O2S. The molecule has 1 saturated heterocycles. The van der Waals surface area contributed by atoms with Crippen LogP contribution in [0, 0.1) is 0 Å². The number of carbonyl (C=O) groups is 1. The quantitative estimate of drug-likeness (QED) is 0.657. The Kier molecular flexibility index (Phi) is 5.55. The molecule has 6 heteroatoms. The third-order valence-corrected chi connectivity index (χ3v) is 5.54. The number of pyridine rings is 1. The summed E-state index contributed by atoms with van der Waals surface area (Å²) in [5, 5.41) is 0. The highest BCUT2D eigenvalue weighted by Gasteiger charge is 2.27. The first kappa shape index (κ1) is 17.8. The molecule has 138 valence electrons. The van der Waals surface area contributed by atoms with Gasteiger partial charge in [-0.25, -0.2) is 4.98 Å². The summed E-state index contributed by atoms with van der Waals surface area (Å²) in [5.74, 6) is 0.143. The summed E-state index contributed by atoms with van der Waals surface area (Å²) >= 11 is 1.54. The summed E-state index contributed by atoms with van der Waals surface area (Å²) in [4.78, 5) is 24.2. The van der Waals surface area contributed by atoms with Gasteiger partial charge < -0.3 is 9.64 Å². The molecular weight excluding hydrogens is 358 g/mol. The number of amides is 1. The molecule has 0 bridgehead atoms. The second-order valence-electron chi connectivity index (χ2n) is 6.59. The number of carbonyl (C=O) groups excluding carboxylic acids is 1. The van der Waals surface area contributed by atoms with Crippen molar-refractivity contribution >= 4 is 17.2 Å². The monoisotopic (exact) mass is 379 g/mol. The maximum absolute atomic E-state index is 12.8. The van der Waals surface area contributed by atoms with Gasteiger partial charge in [-0.15, -0.1) is 11.3 Å². The van der Waals surface area contributed by atoms with Crippen LogP contribution in [0.3, 0.4) is 0 Å². The van der Waals surface area contributed by atoms with Crippen molar-refractivity contribution in [3.05, 3.63) is 70.8 Å². The number of benzene rings is 1. The van der Waals surface area contributed by atoms with Crippen LogP contribution in [0.4, 0.5) is 0 Å². The largest absolute Gasteiger partial charge is 0.372 e. The van der Waals surface area contributed by atoms with E-state index in [1.54, 1.807) is 17.5 Å². The van der Waals surface area contributed by atoms with E-state index in [9.17, 15) is 4.79 Å². The maximum atomic E-state index is 12.8. The van der Waals surface area contributed by atoms with Crippen molar-refractivity contribution in [3.63, 3.8) is 0 Å². The molecule has 0 saturated carbocycles. The second-order valence-corrected chi connectivity index (χ2v) is 7.53. The van der Waals surface area contributed by atoms with Gasteiger partial charge in [0.2, 0.25) is 5.91 Å². The third kappa shape index (κ3) is 4.40. The zero-order valence-electron chi connectivity index (χ0n) is 15.0. The summed E-state index contributed by atoms with van der Waals surface area (Å²) in [6.45, 7) is 1.93. The lowest BCUT2D eigenvalue weighted by molar-refractivity contribution is -0.129. The molecule has 27 heavy (non-hydrogen) atoms. The Bertz CT molecular complexity index is 883. The molecule has 3 aromatic rings. The smallest absolute Gasteiger partial charge is 0.227 e. The number of hydrogen-bond acceptors (Lipinski definition) is 5. The standard InChI is InChI=1S/C21H21N3O2S/c25-20(11-19-21(23-15-27-19)17-6-2-1-3-7-17)24-10-8-18(13-24)26-14-16-5-4-9-22-12-16/h1-7,9,12,15,18H,8,10-11,13-14H2. The average Bonchev–Trinajstić information content (AvgIpc) is 3.37. The number of hydrogen-bond donors (Lipinski definition) is 0. The van der Waals surface area contributed by atoms with Gasteiger partial charge in [-0.1, -0.05) is 36.4 Å². The molecule has 0 radical (unpaired) electrons. The van der Waals surface area contributed by atoms with Crippen LogP contribution in [0.2, 0.25) is 0 Å². The van der Waals surface area contributed by atoms with E-state index in [1.807, 2.05) is 59.1 Å². The second kappa shape index (κ2) is 8.41. The molecule has 1 atom stereocenters. The molecule has 5 nitrogen and oxygen atoms in total. The molecule has 1 amide bonds. The van der Waals surface area contributed by atoms with Crippen molar-refractivity contribution < 1.29 is 9.53 Å². The summed E-state index contributed by atoms with van der Waals surface area (Å²) in [6.07, 6.45) is 4.92. The van der Waals surface area contributed by atoms with E-state index in [0.717, 1.165) is 34.7 Å². The van der Waals surface area contributed by atoms with Crippen LogP contribution in [0.25, 0.3) is 11.3 Å². The highest BCUT2D eigenvalue weighted by Crippen LogP contribution is 2.26. The summed E-state index contributed by atoms with van der Waals surface area (Å²) in [5.41, 5.74) is 4.84. The van der Waals surface area contributed by atoms with Crippen molar-refractivity contribution in [3.8, 4) is 11.3 Å². The first-order chi connectivity index (χ1) is 13.3. The summed E-state index contributed by atoms with van der Waals surface area (Å²) in [6, 6.07) is 13.9. The van der Waals surface area contributed by atoms with Gasteiger partial charge in [-0.2, -0.15) is 0 Å². The van der Waals surface area contributed by atoms with Crippen LogP contribution >= 0.6 is 11.3 Å². The fraction of sp³-hybridized carbons (Fsp3) is 0.286. The van der Waals surface area contributed by atoms with Crippen molar-refractivity contribution in [2.24, 2.45) is 0 Å². The average molecular weight is 379 g/mol. The maximum Gasteiger partial charge on any atom is 0.227 e.